The molecule has 5 nitrogen and oxygen atoms in total. The van der Waals surface area contributed by atoms with E-state index in [1.807, 2.05) is 0 Å². The summed E-state index contributed by atoms with van der Waals surface area (Å²) in [6.07, 6.45) is 3.32. The van der Waals surface area contributed by atoms with Crippen molar-refractivity contribution in [3.05, 3.63) is 40.7 Å². The number of carbonyl (C=O) groups is 2. The van der Waals surface area contributed by atoms with Gasteiger partial charge in [0.2, 0.25) is 0 Å². The maximum atomic E-state index is 13.1. The number of benzene rings is 1. The van der Waals surface area contributed by atoms with Gasteiger partial charge in [0.05, 0.1) is 5.69 Å². The smallest absolute Gasteiger partial charge is 0.351 e. The molecule has 0 radical (unpaired) electrons. The minimum absolute atomic E-state index is 0.180. The highest BCUT2D eigenvalue weighted by Gasteiger charge is 2.25. The number of nitrogens with zero attached hydrogens (tertiary/aromatic N) is 1. The van der Waals surface area contributed by atoms with E-state index in [4.69, 9.17) is 4.74 Å². The number of halogens is 1. The number of aromatic nitrogens is 1. The third kappa shape index (κ3) is 4.27. The number of rotatable bonds is 5. The summed E-state index contributed by atoms with van der Waals surface area (Å²) in [4.78, 5) is 29.3. The van der Waals surface area contributed by atoms with E-state index in [0.717, 1.165) is 31.2 Å². The highest BCUT2D eigenvalue weighted by Crippen LogP contribution is 2.29. The maximum Gasteiger partial charge on any atom is 0.351 e. The second-order valence-electron chi connectivity index (χ2n) is 6.48. The van der Waals surface area contributed by atoms with E-state index in [2.05, 4.69) is 10.3 Å². The summed E-state index contributed by atoms with van der Waals surface area (Å²) in [5.74, 6) is -1.17. The number of amides is 1. The largest absolute Gasteiger partial charge is 0.448 e. The lowest BCUT2D eigenvalue weighted by atomic mass is 10.2. The maximum absolute atomic E-state index is 13.1. The Morgan fingerprint density at radius 3 is 2.58 bits per heavy atom. The van der Waals surface area contributed by atoms with Gasteiger partial charge in [0.15, 0.2) is 6.10 Å². The molecule has 0 aliphatic heterocycles. The fourth-order valence-corrected chi connectivity index (χ4v) is 3.91. The van der Waals surface area contributed by atoms with Crippen molar-refractivity contribution >= 4 is 23.2 Å². The van der Waals surface area contributed by atoms with E-state index < -0.39 is 12.1 Å². The molecule has 0 spiro atoms. The Morgan fingerprint density at radius 2 is 1.92 bits per heavy atom. The van der Waals surface area contributed by atoms with E-state index in [1.54, 1.807) is 26.0 Å². The molecule has 1 saturated carbocycles. The van der Waals surface area contributed by atoms with Gasteiger partial charge in [-0.25, -0.2) is 14.2 Å². The fraction of sp³-hybridized carbons (Fsp3) is 0.421. The molecule has 1 N–H and O–H groups in total. The van der Waals surface area contributed by atoms with Crippen LogP contribution in [0.4, 0.5) is 4.39 Å². The summed E-state index contributed by atoms with van der Waals surface area (Å²) in [6, 6.07) is 6.10. The average Bonchev–Trinajstić information content (AvgIpc) is 3.25. The summed E-state index contributed by atoms with van der Waals surface area (Å²) in [6.45, 7) is 3.28. The zero-order valence-corrected chi connectivity index (χ0v) is 15.6. The summed E-state index contributed by atoms with van der Waals surface area (Å²) < 4.78 is 18.4. The quantitative estimate of drug-likeness (QED) is 0.805. The van der Waals surface area contributed by atoms with Gasteiger partial charge < -0.3 is 10.1 Å². The van der Waals surface area contributed by atoms with E-state index in [0.29, 0.717) is 15.6 Å². The molecule has 138 valence electrons. The number of nitrogens with one attached hydrogen (secondary N) is 1. The Kier molecular flexibility index (Phi) is 5.66. The number of ether oxygens (including phenoxy) is 1. The summed E-state index contributed by atoms with van der Waals surface area (Å²) in [5, 5.41) is 3.53. The van der Waals surface area contributed by atoms with Gasteiger partial charge in [-0.05, 0) is 51.0 Å². The highest BCUT2D eigenvalue weighted by molar-refractivity contribution is 7.17. The van der Waals surface area contributed by atoms with Crippen LogP contribution in [0.2, 0.25) is 0 Å². The lowest BCUT2D eigenvalue weighted by molar-refractivity contribution is -0.129. The first-order valence-corrected chi connectivity index (χ1v) is 9.50. The first-order valence-electron chi connectivity index (χ1n) is 8.69. The van der Waals surface area contributed by atoms with Gasteiger partial charge in [0.1, 0.15) is 15.7 Å². The van der Waals surface area contributed by atoms with Crippen LogP contribution in [0.3, 0.4) is 0 Å². The molecule has 1 aliphatic rings. The van der Waals surface area contributed by atoms with Crippen molar-refractivity contribution in [1.29, 1.82) is 0 Å². The lowest BCUT2D eigenvalue weighted by Crippen LogP contribution is -2.40. The van der Waals surface area contributed by atoms with Crippen molar-refractivity contribution in [2.24, 2.45) is 0 Å². The number of hydrogen-bond donors (Lipinski definition) is 1. The molecule has 1 heterocycles. The van der Waals surface area contributed by atoms with Gasteiger partial charge in [0, 0.05) is 11.6 Å². The molecule has 0 bridgehead atoms. The molecule has 1 atom stereocenters. The summed E-state index contributed by atoms with van der Waals surface area (Å²) in [7, 11) is 0. The standard InChI is InChI=1S/C19H21FN2O3S/c1-11-16(26-18(21-11)13-7-9-14(20)10-8-13)19(24)25-12(2)17(23)22-15-5-3-4-6-15/h7-10,12,15H,3-6H2,1-2H3,(H,22,23)/t12-/m1/s1. The Balaban J connectivity index is 1.65. The van der Waals surface area contributed by atoms with Crippen LogP contribution < -0.4 is 5.32 Å². The monoisotopic (exact) mass is 376 g/mol. The highest BCUT2D eigenvalue weighted by atomic mass is 32.1. The van der Waals surface area contributed by atoms with Crippen LogP contribution >= 0.6 is 11.3 Å². The molecule has 2 aromatic rings. The minimum atomic E-state index is -0.862. The molecular weight excluding hydrogens is 355 g/mol. The van der Waals surface area contributed by atoms with E-state index in [9.17, 15) is 14.0 Å². The molecule has 1 aromatic heterocycles. The van der Waals surface area contributed by atoms with Gasteiger partial charge >= 0.3 is 5.97 Å². The third-order valence-corrected chi connectivity index (χ3v) is 5.61. The SMILES string of the molecule is Cc1nc(-c2ccc(F)cc2)sc1C(=O)O[C@H](C)C(=O)NC1CCCC1. The molecule has 1 aliphatic carbocycles. The van der Waals surface area contributed by atoms with Crippen molar-refractivity contribution in [2.45, 2.75) is 51.7 Å². The van der Waals surface area contributed by atoms with Gasteiger partial charge in [-0.15, -0.1) is 11.3 Å². The predicted molar refractivity (Wildman–Crippen MR) is 97.5 cm³/mol. The Labute approximate surface area is 155 Å². The van der Waals surface area contributed by atoms with Crippen LogP contribution in [-0.2, 0) is 9.53 Å². The molecule has 0 unspecified atom stereocenters. The molecular formula is C19H21FN2O3S. The van der Waals surface area contributed by atoms with Gasteiger partial charge in [0.25, 0.3) is 5.91 Å². The zero-order chi connectivity index (χ0) is 18.7. The normalized spacial score (nSPS) is 15.7. The van der Waals surface area contributed by atoms with Crippen molar-refractivity contribution < 1.29 is 18.7 Å². The third-order valence-electron chi connectivity index (χ3n) is 4.43. The van der Waals surface area contributed by atoms with Gasteiger partial charge in [-0.1, -0.05) is 12.8 Å². The molecule has 26 heavy (non-hydrogen) atoms. The zero-order valence-electron chi connectivity index (χ0n) is 14.8. The minimum Gasteiger partial charge on any atom is -0.448 e. The predicted octanol–water partition coefficient (Wildman–Crippen LogP) is 3.86. The van der Waals surface area contributed by atoms with Crippen LogP contribution in [0.5, 0.6) is 0 Å². The van der Waals surface area contributed by atoms with E-state index in [1.165, 1.54) is 23.5 Å². The van der Waals surface area contributed by atoms with E-state index >= 15 is 0 Å². The molecule has 1 aromatic carbocycles. The van der Waals surface area contributed by atoms with Crippen molar-refractivity contribution in [1.82, 2.24) is 10.3 Å². The van der Waals surface area contributed by atoms with Crippen LogP contribution in [-0.4, -0.2) is 29.0 Å². The number of thiazole rings is 1. The molecule has 0 saturated heterocycles. The molecule has 1 amide bonds. The molecule has 1 fully saturated rings. The number of hydrogen-bond acceptors (Lipinski definition) is 5. The summed E-state index contributed by atoms with van der Waals surface area (Å²) >= 11 is 1.17. The second-order valence-corrected chi connectivity index (χ2v) is 7.48. The number of carbonyl (C=O) groups excluding carboxylic acids is 2. The van der Waals surface area contributed by atoms with Crippen LogP contribution in [0, 0.1) is 12.7 Å². The first-order chi connectivity index (χ1) is 12.4. The van der Waals surface area contributed by atoms with Gasteiger partial charge in [-0.3, -0.25) is 4.79 Å². The Hall–Kier alpha value is -2.28. The van der Waals surface area contributed by atoms with Crippen molar-refractivity contribution in [3.63, 3.8) is 0 Å². The fourth-order valence-electron chi connectivity index (χ4n) is 2.96. The number of esters is 1. The molecule has 3 rings (SSSR count). The Bertz CT molecular complexity index is 798. The topological polar surface area (TPSA) is 68.3 Å². The van der Waals surface area contributed by atoms with Crippen LogP contribution in [0.1, 0.15) is 48.0 Å². The van der Waals surface area contributed by atoms with E-state index in [-0.39, 0.29) is 17.8 Å². The van der Waals surface area contributed by atoms with Crippen LogP contribution in [0.15, 0.2) is 24.3 Å². The molecule has 7 heteroatoms. The van der Waals surface area contributed by atoms with Crippen LogP contribution in [0.25, 0.3) is 10.6 Å². The first kappa shape index (κ1) is 18.5. The summed E-state index contributed by atoms with van der Waals surface area (Å²) in [5.41, 5.74) is 1.26. The van der Waals surface area contributed by atoms with Crippen molar-refractivity contribution in [2.75, 3.05) is 0 Å². The second kappa shape index (κ2) is 7.95. The average molecular weight is 376 g/mol. The van der Waals surface area contributed by atoms with Gasteiger partial charge in [-0.2, -0.15) is 0 Å². The van der Waals surface area contributed by atoms with Crippen molar-refractivity contribution in [3.8, 4) is 10.6 Å². The number of aryl methyl sites for hydroxylation is 1. The lowest BCUT2D eigenvalue weighted by Gasteiger charge is -2.16. The Morgan fingerprint density at radius 1 is 1.27 bits per heavy atom.